The van der Waals surface area contributed by atoms with Crippen molar-refractivity contribution in [2.45, 2.75) is 37.3 Å². The number of aliphatic hydroxyl groups excluding tert-OH is 5. The standard InChI is InChI=1S/C8H16O7/c1-4(11)14-8(3-10)7(13)6(12)5(2-9)15-8/h4-7,9-13H,2-3H2,1H3/t4?,5-,6-,7+,8?/m1/s1. The van der Waals surface area contributed by atoms with Crippen LogP contribution in [-0.2, 0) is 9.47 Å². The maximum Gasteiger partial charge on any atom is 0.223 e. The molecule has 1 fully saturated rings. The topological polar surface area (TPSA) is 120 Å². The van der Waals surface area contributed by atoms with Crippen molar-refractivity contribution in [3.63, 3.8) is 0 Å². The van der Waals surface area contributed by atoms with Crippen LogP contribution in [0.5, 0.6) is 0 Å². The lowest BCUT2D eigenvalue weighted by Crippen LogP contribution is -2.50. The maximum atomic E-state index is 9.58. The van der Waals surface area contributed by atoms with Gasteiger partial charge in [0.15, 0.2) is 6.29 Å². The lowest BCUT2D eigenvalue weighted by Gasteiger charge is -2.31. The average molecular weight is 224 g/mol. The highest BCUT2D eigenvalue weighted by Gasteiger charge is 2.55. The highest BCUT2D eigenvalue weighted by Crippen LogP contribution is 2.32. The summed E-state index contributed by atoms with van der Waals surface area (Å²) in [7, 11) is 0. The summed E-state index contributed by atoms with van der Waals surface area (Å²) in [5.74, 6) is -1.89. The van der Waals surface area contributed by atoms with E-state index < -0.39 is 43.6 Å². The molecule has 1 heterocycles. The molecule has 1 rings (SSSR count). The Labute approximate surface area is 86.5 Å². The van der Waals surface area contributed by atoms with Gasteiger partial charge >= 0.3 is 0 Å². The van der Waals surface area contributed by atoms with Gasteiger partial charge in [0, 0.05) is 0 Å². The molecular formula is C8H16O7. The zero-order chi connectivity index (χ0) is 11.6. The second-order valence-electron chi connectivity index (χ2n) is 3.46. The van der Waals surface area contributed by atoms with E-state index in [4.69, 9.17) is 24.8 Å². The van der Waals surface area contributed by atoms with Crippen molar-refractivity contribution < 1.29 is 35.0 Å². The van der Waals surface area contributed by atoms with Crippen molar-refractivity contribution in [1.29, 1.82) is 0 Å². The fourth-order valence-corrected chi connectivity index (χ4v) is 1.56. The van der Waals surface area contributed by atoms with E-state index in [1.807, 2.05) is 0 Å². The number of hydrogen-bond donors (Lipinski definition) is 5. The van der Waals surface area contributed by atoms with Crippen LogP contribution in [-0.4, -0.2) is 69.1 Å². The van der Waals surface area contributed by atoms with E-state index in [1.54, 1.807) is 0 Å². The first-order chi connectivity index (χ1) is 6.96. The van der Waals surface area contributed by atoms with Crippen molar-refractivity contribution in [3.05, 3.63) is 0 Å². The molecular weight excluding hydrogens is 208 g/mol. The average Bonchev–Trinajstić information content (AvgIpc) is 2.42. The minimum absolute atomic E-state index is 0.525. The van der Waals surface area contributed by atoms with Crippen LogP contribution in [0, 0.1) is 0 Å². The van der Waals surface area contributed by atoms with Crippen LogP contribution < -0.4 is 0 Å². The van der Waals surface area contributed by atoms with Crippen molar-refractivity contribution >= 4 is 0 Å². The van der Waals surface area contributed by atoms with Crippen LogP contribution in [0.25, 0.3) is 0 Å². The van der Waals surface area contributed by atoms with Gasteiger partial charge in [0.05, 0.1) is 6.61 Å². The smallest absolute Gasteiger partial charge is 0.223 e. The summed E-state index contributed by atoms with van der Waals surface area (Å²) < 4.78 is 9.83. The van der Waals surface area contributed by atoms with Gasteiger partial charge in [0.2, 0.25) is 5.79 Å². The third-order valence-corrected chi connectivity index (χ3v) is 2.28. The minimum Gasteiger partial charge on any atom is -0.394 e. The molecule has 5 atom stereocenters. The zero-order valence-electron chi connectivity index (χ0n) is 8.28. The molecule has 0 spiro atoms. The monoisotopic (exact) mass is 224 g/mol. The largest absolute Gasteiger partial charge is 0.394 e. The molecule has 90 valence electrons. The molecule has 0 radical (unpaired) electrons. The Morgan fingerprint density at radius 1 is 1.40 bits per heavy atom. The van der Waals surface area contributed by atoms with E-state index in [1.165, 1.54) is 6.92 Å². The first kappa shape index (κ1) is 12.8. The number of aliphatic hydroxyl groups is 5. The lowest BCUT2D eigenvalue weighted by atomic mass is 10.1. The van der Waals surface area contributed by atoms with Crippen LogP contribution >= 0.6 is 0 Å². The molecule has 2 unspecified atom stereocenters. The van der Waals surface area contributed by atoms with Gasteiger partial charge in [-0.25, -0.2) is 0 Å². The molecule has 1 saturated heterocycles. The van der Waals surface area contributed by atoms with E-state index in [9.17, 15) is 10.2 Å². The Balaban J connectivity index is 2.81. The highest BCUT2D eigenvalue weighted by atomic mass is 16.8. The molecule has 0 aromatic heterocycles. The summed E-state index contributed by atoms with van der Waals surface area (Å²) in [6.07, 6.45) is -5.24. The number of hydrogen-bond acceptors (Lipinski definition) is 7. The van der Waals surface area contributed by atoms with Gasteiger partial charge in [0.25, 0.3) is 0 Å². The number of rotatable bonds is 4. The maximum absolute atomic E-state index is 9.58. The quantitative estimate of drug-likeness (QED) is 0.326. The molecule has 1 aliphatic rings. The first-order valence-corrected chi connectivity index (χ1v) is 4.58. The fraction of sp³-hybridized carbons (Fsp3) is 1.00. The van der Waals surface area contributed by atoms with Gasteiger partial charge in [-0.2, -0.15) is 0 Å². The lowest BCUT2D eigenvalue weighted by molar-refractivity contribution is -0.322. The highest BCUT2D eigenvalue weighted by molar-refractivity contribution is 4.96. The van der Waals surface area contributed by atoms with Crippen LogP contribution in [0.1, 0.15) is 6.92 Å². The Morgan fingerprint density at radius 3 is 2.33 bits per heavy atom. The van der Waals surface area contributed by atoms with E-state index in [0.29, 0.717) is 0 Å². The SMILES string of the molecule is CC(O)OC1(CO)O[C@H](CO)[C@@H](O)[C@@H]1O. The van der Waals surface area contributed by atoms with Gasteiger partial charge in [-0.1, -0.05) is 0 Å². The zero-order valence-corrected chi connectivity index (χ0v) is 8.28. The predicted molar refractivity (Wildman–Crippen MR) is 46.6 cm³/mol. The molecule has 0 aliphatic carbocycles. The molecule has 0 aromatic carbocycles. The van der Waals surface area contributed by atoms with E-state index in [-0.39, 0.29) is 0 Å². The van der Waals surface area contributed by atoms with E-state index >= 15 is 0 Å². The fourth-order valence-electron chi connectivity index (χ4n) is 1.56. The van der Waals surface area contributed by atoms with Crippen molar-refractivity contribution in [3.8, 4) is 0 Å². The van der Waals surface area contributed by atoms with E-state index in [2.05, 4.69) is 0 Å². The van der Waals surface area contributed by atoms with Crippen LogP contribution in [0.15, 0.2) is 0 Å². The summed E-state index contributed by atoms with van der Waals surface area (Å²) in [6, 6.07) is 0. The summed E-state index contributed by atoms with van der Waals surface area (Å²) in [6.45, 7) is 0.00190. The van der Waals surface area contributed by atoms with Crippen LogP contribution in [0.2, 0.25) is 0 Å². The first-order valence-electron chi connectivity index (χ1n) is 4.58. The third kappa shape index (κ3) is 2.28. The van der Waals surface area contributed by atoms with E-state index in [0.717, 1.165) is 0 Å². The molecule has 7 nitrogen and oxygen atoms in total. The minimum atomic E-state index is -1.89. The molecule has 0 bridgehead atoms. The Bertz CT molecular complexity index is 209. The summed E-state index contributed by atoms with van der Waals surface area (Å²) in [4.78, 5) is 0. The van der Waals surface area contributed by atoms with Crippen molar-refractivity contribution in [2.24, 2.45) is 0 Å². The van der Waals surface area contributed by atoms with Gasteiger partial charge < -0.3 is 35.0 Å². The third-order valence-electron chi connectivity index (χ3n) is 2.28. The predicted octanol–water partition coefficient (Wildman–Crippen LogP) is -2.86. The second-order valence-corrected chi connectivity index (χ2v) is 3.46. The van der Waals surface area contributed by atoms with Crippen LogP contribution in [0.3, 0.4) is 0 Å². The normalized spacial score (nSPS) is 43.2. The van der Waals surface area contributed by atoms with Gasteiger partial charge in [-0.15, -0.1) is 0 Å². The Morgan fingerprint density at radius 2 is 2.00 bits per heavy atom. The molecule has 15 heavy (non-hydrogen) atoms. The number of ether oxygens (including phenoxy) is 2. The summed E-state index contributed by atoms with van der Waals surface area (Å²) in [5.41, 5.74) is 0. The Kier molecular flexibility index (Phi) is 4.01. The molecule has 0 aromatic rings. The molecule has 7 heteroatoms. The molecule has 0 saturated carbocycles. The van der Waals surface area contributed by atoms with Gasteiger partial charge in [0.1, 0.15) is 24.9 Å². The molecule has 1 aliphatic heterocycles. The van der Waals surface area contributed by atoms with Crippen molar-refractivity contribution in [1.82, 2.24) is 0 Å². The molecule has 0 amide bonds. The van der Waals surface area contributed by atoms with Gasteiger partial charge in [-0.05, 0) is 6.92 Å². The summed E-state index contributed by atoms with van der Waals surface area (Å²) >= 11 is 0. The summed E-state index contributed by atoms with van der Waals surface area (Å²) in [5, 5.41) is 45.9. The van der Waals surface area contributed by atoms with Gasteiger partial charge in [-0.3, -0.25) is 0 Å². The van der Waals surface area contributed by atoms with Crippen LogP contribution in [0.4, 0.5) is 0 Å². The Hall–Kier alpha value is -0.280. The molecule has 5 N–H and O–H groups in total. The van der Waals surface area contributed by atoms with Crippen molar-refractivity contribution in [2.75, 3.05) is 13.2 Å². The second kappa shape index (κ2) is 4.71.